The largest absolute Gasteiger partial charge is 0.507 e. The Morgan fingerprint density at radius 1 is 0.365 bits per heavy atom. The van der Waals surface area contributed by atoms with Crippen LogP contribution in [0.2, 0.25) is 0 Å². The van der Waals surface area contributed by atoms with Crippen LogP contribution in [0.1, 0.15) is 25.0 Å². The van der Waals surface area contributed by atoms with Gasteiger partial charge in [0.05, 0.1) is 13.2 Å². The molecule has 0 heterocycles. The highest BCUT2D eigenvalue weighted by molar-refractivity contribution is 6.15. The number of ether oxygens (including phenoxy) is 2. The van der Waals surface area contributed by atoms with Gasteiger partial charge >= 0.3 is 0 Å². The zero-order valence-electron chi connectivity index (χ0n) is 35.9. The summed E-state index contributed by atoms with van der Waals surface area (Å²) in [4.78, 5) is 0. The number of aromatic hydroxyl groups is 2. The van der Waals surface area contributed by atoms with Gasteiger partial charge < -0.3 is 19.7 Å². The fraction of sp³-hybridized carbons (Fsp3) is 0.119. The SMILES string of the molecule is Cc1cc(-c2ccccc2OCC(C)(C)COc2ccccc2-c2cc(C)cc(-c3c4ccccc4cc4ccccc34)c2O)c(O)c(-c2c3ccccc3cc3ccccc23)c1. The number of benzene rings is 10. The van der Waals surface area contributed by atoms with Crippen molar-refractivity contribution in [3.63, 3.8) is 0 Å². The molecule has 0 unspecified atom stereocenters. The topological polar surface area (TPSA) is 58.9 Å². The Bertz CT molecular complexity index is 3050. The van der Waals surface area contributed by atoms with Gasteiger partial charge in [0.25, 0.3) is 0 Å². The van der Waals surface area contributed by atoms with Crippen LogP contribution in [0.25, 0.3) is 87.6 Å². The van der Waals surface area contributed by atoms with Crippen LogP contribution in [-0.4, -0.2) is 23.4 Å². The number of phenolic OH excluding ortho intramolecular Hbond substituents is 2. The molecule has 0 spiro atoms. The van der Waals surface area contributed by atoms with Crippen LogP contribution in [0.5, 0.6) is 23.0 Å². The van der Waals surface area contributed by atoms with E-state index < -0.39 is 5.41 Å². The van der Waals surface area contributed by atoms with Crippen LogP contribution in [0.15, 0.2) is 182 Å². The monoisotopic (exact) mass is 820 g/mol. The molecule has 0 saturated heterocycles. The molecule has 0 amide bonds. The molecular weight excluding hydrogens is 773 g/mol. The molecule has 0 atom stereocenters. The minimum atomic E-state index is -0.427. The summed E-state index contributed by atoms with van der Waals surface area (Å²) in [6, 6.07) is 62.0. The molecule has 0 aliphatic rings. The van der Waals surface area contributed by atoms with Crippen molar-refractivity contribution < 1.29 is 19.7 Å². The molecule has 63 heavy (non-hydrogen) atoms. The molecule has 4 nitrogen and oxygen atoms in total. The Balaban J connectivity index is 0.946. The van der Waals surface area contributed by atoms with Crippen LogP contribution in [0, 0.1) is 19.3 Å². The van der Waals surface area contributed by atoms with Gasteiger partial charge in [-0.3, -0.25) is 0 Å². The minimum Gasteiger partial charge on any atom is -0.507 e. The fourth-order valence-electron chi connectivity index (χ4n) is 9.18. The highest BCUT2D eigenvalue weighted by Crippen LogP contribution is 2.49. The van der Waals surface area contributed by atoms with Crippen LogP contribution < -0.4 is 9.47 Å². The van der Waals surface area contributed by atoms with E-state index in [4.69, 9.17) is 9.47 Å². The maximum absolute atomic E-state index is 12.2. The lowest BCUT2D eigenvalue weighted by atomic mass is 9.88. The van der Waals surface area contributed by atoms with Gasteiger partial charge in [0.1, 0.15) is 23.0 Å². The number of hydrogen-bond acceptors (Lipinski definition) is 4. The third-order valence-electron chi connectivity index (χ3n) is 12.2. The van der Waals surface area contributed by atoms with Crippen molar-refractivity contribution >= 4 is 43.1 Å². The Labute approximate surface area is 368 Å². The number of aryl methyl sites for hydroxylation is 2. The molecule has 2 N–H and O–H groups in total. The number of rotatable bonds is 10. The van der Waals surface area contributed by atoms with E-state index in [1.807, 2.05) is 60.7 Å². The first-order valence-corrected chi connectivity index (χ1v) is 21.6. The molecule has 0 bridgehead atoms. The van der Waals surface area contributed by atoms with Crippen molar-refractivity contribution in [1.82, 2.24) is 0 Å². The average Bonchev–Trinajstić information content (AvgIpc) is 3.30. The molecule has 0 aliphatic carbocycles. The molecule has 10 rings (SSSR count). The van der Waals surface area contributed by atoms with Crippen LogP contribution in [-0.2, 0) is 0 Å². The third kappa shape index (κ3) is 7.38. The smallest absolute Gasteiger partial charge is 0.131 e. The molecule has 0 saturated carbocycles. The van der Waals surface area contributed by atoms with Crippen molar-refractivity contribution in [3.8, 4) is 67.5 Å². The minimum absolute atomic E-state index is 0.216. The van der Waals surface area contributed by atoms with Crippen molar-refractivity contribution in [1.29, 1.82) is 0 Å². The number of hydrogen-bond donors (Lipinski definition) is 2. The normalized spacial score (nSPS) is 11.7. The molecule has 308 valence electrons. The first kappa shape index (κ1) is 39.6. The van der Waals surface area contributed by atoms with Gasteiger partial charge in [0, 0.05) is 49.9 Å². The van der Waals surface area contributed by atoms with Gasteiger partial charge in [-0.15, -0.1) is 0 Å². The van der Waals surface area contributed by atoms with Crippen molar-refractivity contribution in [2.75, 3.05) is 13.2 Å². The lowest BCUT2D eigenvalue weighted by Gasteiger charge is -2.26. The highest BCUT2D eigenvalue weighted by atomic mass is 16.5. The molecular formula is C59H48O4. The molecule has 4 heteroatoms. The van der Waals surface area contributed by atoms with E-state index in [0.29, 0.717) is 24.7 Å². The third-order valence-corrected chi connectivity index (χ3v) is 12.2. The summed E-state index contributed by atoms with van der Waals surface area (Å²) in [5.74, 6) is 1.79. The summed E-state index contributed by atoms with van der Waals surface area (Å²) < 4.78 is 13.4. The average molecular weight is 821 g/mol. The maximum Gasteiger partial charge on any atom is 0.131 e. The number of phenols is 2. The summed E-state index contributed by atoms with van der Waals surface area (Å²) in [6.45, 7) is 9.11. The Hall–Kier alpha value is -7.56. The van der Waals surface area contributed by atoms with E-state index in [1.54, 1.807) is 0 Å². The Morgan fingerprint density at radius 2 is 0.667 bits per heavy atom. The van der Waals surface area contributed by atoms with Crippen LogP contribution >= 0.6 is 0 Å². The summed E-state index contributed by atoms with van der Waals surface area (Å²) in [7, 11) is 0. The van der Waals surface area contributed by atoms with E-state index in [-0.39, 0.29) is 11.5 Å². The van der Waals surface area contributed by atoms with E-state index in [0.717, 1.165) is 98.7 Å². The summed E-state index contributed by atoms with van der Waals surface area (Å²) in [6.07, 6.45) is 0. The number of para-hydroxylation sites is 2. The predicted molar refractivity (Wildman–Crippen MR) is 262 cm³/mol. The highest BCUT2D eigenvalue weighted by Gasteiger charge is 2.25. The quantitative estimate of drug-likeness (QED) is 0.135. The van der Waals surface area contributed by atoms with Crippen LogP contribution in [0.3, 0.4) is 0 Å². The summed E-state index contributed by atoms with van der Waals surface area (Å²) >= 11 is 0. The van der Waals surface area contributed by atoms with E-state index in [2.05, 4.69) is 149 Å². The maximum atomic E-state index is 12.2. The Kier molecular flexibility index (Phi) is 10.1. The second-order valence-electron chi connectivity index (χ2n) is 17.5. The zero-order chi connectivity index (χ0) is 43.2. The van der Waals surface area contributed by atoms with Gasteiger partial charge in [-0.1, -0.05) is 147 Å². The molecule has 0 fully saturated rings. The second kappa shape index (κ2) is 16.0. The van der Waals surface area contributed by atoms with Gasteiger partial charge in [-0.05, 0) is 117 Å². The standard InChI is InChI=1S/C59H48O4/c1-37-29-49(57(60)51(31-37)55-43-21-9-5-17-39(43)33-40-18-6-10-22-44(40)55)47-25-13-15-27-53(47)62-35-59(3,4)36-63-54-28-16-14-26-48(54)50-30-38(2)32-52(58(50)61)56-45-23-11-7-19-41(45)34-42-20-8-12-24-46(42)56/h5-34,60-61H,35-36H2,1-4H3. The molecule has 10 aromatic carbocycles. The summed E-state index contributed by atoms with van der Waals surface area (Å²) in [5, 5.41) is 33.3. The fourth-order valence-corrected chi connectivity index (χ4v) is 9.18. The number of fused-ring (bicyclic) bond motifs is 4. The predicted octanol–water partition coefficient (Wildman–Crippen LogP) is 15.5. The zero-order valence-corrected chi connectivity index (χ0v) is 35.9. The van der Waals surface area contributed by atoms with E-state index >= 15 is 0 Å². The Morgan fingerprint density at radius 3 is 1.03 bits per heavy atom. The van der Waals surface area contributed by atoms with Crippen molar-refractivity contribution in [2.24, 2.45) is 5.41 Å². The van der Waals surface area contributed by atoms with Gasteiger partial charge in [-0.25, -0.2) is 0 Å². The van der Waals surface area contributed by atoms with Gasteiger partial charge in [-0.2, -0.15) is 0 Å². The van der Waals surface area contributed by atoms with Crippen molar-refractivity contribution in [2.45, 2.75) is 27.7 Å². The van der Waals surface area contributed by atoms with Gasteiger partial charge in [0.15, 0.2) is 0 Å². The van der Waals surface area contributed by atoms with Gasteiger partial charge in [0.2, 0.25) is 0 Å². The first-order chi connectivity index (χ1) is 30.6. The van der Waals surface area contributed by atoms with E-state index in [9.17, 15) is 10.2 Å². The molecule has 10 aromatic rings. The lowest BCUT2D eigenvalue weighted by molar-refractivity contribution is 0.111. The second-order valence-corrected chi connectivity index (χ2v) is 17.5. The van der Waals surface area contributed by atoms with Crippen LogP contribution in [0.4, 0.5) is 0 Å². The lowest BCUT2D eigenvalue weighted by Crippen LogP contribution is -2.29. The first-order valence-electron chi connectivity index (χ1n) is 21.6. The van der Waals surface area contributed by atoms with Crippen molar-refractivity contribution in [3.05, 3.63) is 193 Å². The van der Waals surface area contributed by atoms with E-state index in [1.165, 1.54) is 0 Å². The summed E-state index contributed by atoms with van der Waals surface area (Å²) in [5.41, 5.74) is 8.32. The molecule has 0 aromatic heterocycles. The molecule has 0 aliphatic heterocycles. The molecule has 0 radical (unpaired) electrons.